The minimum absolute atomic E-state index is 0. The predicted octanol–water partition coefficient (Wildman–Crippen LogP) is -4.28. The Balaban J connectivity index is -0.000000245. The molecule has 6 heteroatoms. The predicted molar refractivity (Wildman–Crippen MR) is 29.7 cm³/mol. The molecule has 0 saturated carbocycles. The summed E-state index contributed by atoms with van der Waals surface area (Å²) in [5.74, 6) is 0. The summed E-state index contributed by atoms with van der Waals surface area (Å²) in [4.78, 5) is 24.4. The molecule has 0 spiro atoms. The Bertz CT molecular complexity index is 85.1. The van der Waals surface area contributed by atoms with Crippen molar-refractivity contribution in [3.05, 3.63) is 12.7 Å². The molecule has 3 N–H and O–H groups in total. The summed E-state index contributed by atoms with van der Waals surface area (Å²) in [7, 11) is -4.25. The fraction of sp³-hybridized carbons (Fsp3) is 0.333. The molecule has 0 aromatic heterocycles. The Labute approximate surface area is 67.9 Å². The normalized spacial score (nSPS) is 10.1. The van der Waals surface area contributed by atoms with Gasteiger partial charge in [0.2, 0.25) is 0 Å². The van der Waals surface area contributed by atoms with Gasteiger partial charge in [0.25, 0.3) is 0 Å². The SMILES string of the molecule is C=CCO[Si](O)(O)O.[H-].[Li+]. The van der Waals surface area contributed by atoms with E-state index in [-0.39, 0.29) is 26.9 Å². The van der Waals surface area contributed by atoms with Crippen molar-refractivity contribution in [3.63, 3.8) is 0 Å². The van der Waals surface area contributed by atoms with Gasteiger partial charge in [0.05, 0.1) is 6.61 Å². The van der Waals surface area contributed by atoms with Crippen molar-refractivity contribution >= 4 is 9.05 Å². The zero-order chi connectivity index (χ0) is 6.62. The number of hydrogen-bond donors (Lipinski definition) is 3. The van der Waals surface area contributed by atoms with Crippen molar-refractivity contribution in [2.45, 2.75) is 0 Å². The van der Waals surface area contributed by atoms with Gasteiger partial charge in [-0.3, -0.25) is 0 Å². The second-order valence-electron chi connectivity index (χ2n) is 1.17. The van der Waals surface area contributed by atoms with Crippen molar-refractivity contribution < 1.29 is 39.1 Å². The van der Waals surface area contributed by atoms with Crippen LogP contribution < -0.4 is 18.9 Å². The molecule has 0 saturated heterocycles. The van der Waals surface area contributed by atoms with E-state index in [2.05, 4.69) is 11.0 Å². The molecule has 0 aliphatic carbocycles. The molecule has 0 fully saturated rings. The molecular weight excluding hydrogens is 135 g/mol. The third-order valence-electron chi connectivity index (χ3n) is 0.395. The van der Waals surface area contributed by atoms with Gasteiger partial charge in [-0.25, -0.2) is 0 Å². The van der Waals surface area contributed by atoms with Gasteiger partial charge >= 0.3 is 27.9 Å². The molecule has 0 rings (SSSR count). The van der Waals surface area contributed by atoms with Crippen LogP contribution in [0, 0.1) is 0 Å². The van der Waals surface area contributed by atoms with Gasteiger partial charge < -0.3 is 20.2 Å². The molecule has 0 aliphatic heterocycles. The Kier molecular flexibility index (Phi) is 7.00. The van der Waals surface area contributed by atoms with E-state index in [0.717, 1.165) is 0 Å². The van der Waals surface area contributed by atoms with Crippen LogP contribution in [0.2, 0.25) is 0 Å². The Morgan fingerprint density at radius 2 is 2.00 bits per heavy atom. The van der Waals surface area contributed by atoms with Gasteiger partial charge in [0.1, 0.15) is 0 Å². The summed E-state index contributed by atoms with van der Waals surface area (Å²) in [6.45, 7) is 3.18. The first kappa shape index (κ1) is 12.1. The van der Waals surface area contributed by atoms with E-state index in [0.29, 0.717) is 0 Å². The van der Waals surface area contributed by atoms with Gasteiger partial charge in [-0.2, -0.15) is 0 Å². The molecule has 0 aromatic rings. The van der Waals surface area contributed by atoms with Gasteiger partial charge in [0.15, 0.2) is 0 Å². The second-order valence-corrected chi connectivity index (χ2v) is 2.61. The maximum atomic E-state index is 8.13. The standard InChI is InChI=1S/C3H8O4Si.Li.H/c1-2-3-7-8(4,5)6;;/h2,4-6H,1,3H2;;/q;+1;-1. The molecule has 0 amide bonds. The van der Waals surface area contributed by atoms with Crippen LogP contribution in [0.25, 0.3) is 0 Å². The fourth-order valence-corrected chi connectivity index (χ4v) is 0.512. The smallest absolute Gasteiger partial charge is 1.00 e. The minimum Gasteiger partial charge on any atom is -1.00 e. The van der Waals surface area contributed by atoms with Crippen LogP contribution in [0.1, 0.15) is 1.43 Å². The molecule has 9 heavy (non-hydrogen) atoms. The topological polar surface area (TPSA) is 69.9 Å². The van der Waals surface area contributed by atoms with E-state index in [1.54, 1.807) is 0 Å². The van der Waals surface area contributed by atoms with Crippen molar-refractivity contribution in [2.24, 2.45) is 0 Å². The summed E-state index contributed by atoms with van der Waals surface area (Å²) in [6.07, 6.45) is 1.31. The first-order valence-corrected chi connectivity index (χ1v) is 3.73. The van der Waals surface area contributed by atoms with E-state index >= 15 is 0 Å². The number of rotatable bonds is 3. The first-order chi connectivity index (χ1) is 3.56. The molecular formula is C3H9LiO4Si. The van der Waals surface area contributed by atoms with E-state index in [4.69, 9.17) is 14.4 Å². The van der Waals surface area contributed by atoms with Gasteiger partial charge in [-0.1, -0.05) is 6.08 Å². The van der Waals surface area contributed by atoms with Crippen molar-refractivity contribution in [2.75, 3.05) is 6.61 Å². The average Bonchev–Trinajstić information content (AvgIpc) is 1.59. The van der Waals surface area contributed by atoms with Gasteiger partial charge in [0, 0.05) is 0 Å². The molecule has 0 radical (unpaired) electrons. The number of hydrogen-bond acceptors (Lipinski definition) is 4. The molecule has 0 unspecified atom stereocenters. The third kappa shape index (κ3) is 11.8. The average molecular weight is 144 g/mol. The van der Waals surface area contributed by atoms with Crippen LogP contribution in [0.5, 0.6) is 0 Å². The summed E-state index contributed by atoms with van der Waals surface area (Å²) in [6, 6.07) is 0. The minimum atomic E-state index is -4.25. The quantitative estimate of drug-likeness (QED) is 0.277. The Hall–Kier alpha value is 0.394. The fourth-order valence-electron chi connectivity index (χ4n) is 0.171. The van der Waals surface area contributed by atoms with Crippen LogP contribution in [-0.4, -0.2) is 30.0 Å². The molecule has 0 atom stereocenters. The van der Waals surface area contributed by atoms with Crippen molar-refractivity contribution in [1.29, 1.82) is 0 Å². The Morgan fingerprint density at radius 1 is 1.56 bits per heavy atom. The van der Waals surface area contributed by atoms with Crippen LogP contribution in [0.15, 0.2) is 12.7 Å². The Morgan fingerprint density at radius 3 is 2.11 bits per heavy atom. The summed E-state index contributed by atoms with van der Waals surface area (Å²) in [5.41, 5.74) is 0. The third-order valence-corrected chi connectivity index (χ3v) is 0.949. The summed E-state index contributed by atoms with van der Waals surface area (Å²) < 4.78 is 4.07. The van der Waals surface area contributed by atoms with Crippen LogP contribution >= 0.6 is 0 Å². The van der Waals surface area contributed by atoms with E-state index < -0.39 is 9.05 Å². The zero-order valence-corrected chi connectivity index (χ0v) is 6.24. The molecule has 0 heterocycles. The van der Waals surface area contributed by atoms with Crippen LogP contribution in [0.4, 0.5) is 0 Å². The van der Waals surface area contributed by atoms with Gasteiger partial charge in [-0.15, -0.1) is 6.58 Å². The van der Waals surface area contributed by atoms with Crippen molar-refractivity contribution in [3.8, 4) is 0 Å². The first-order valence-electron chi connectivity index (χ1n) is 1.98. The zero-order valence-electron chi connectivity index (χ0n) is 6.24. The largest absolute Gasteiger partial charge is 1.00 e. The van der Waals surface area contributed by atoms with E-state index in [1.807, 2.05) is 0 Å². The van der Waals surface area contributed by atoms with E-state index in [9.17, 15) is 0 Å². The van der Waals surface area contributed by atoms with Crippen LogP contribution in [0.3, 0.4) is 0 Å². The molecule has 0 aromatic carbocycles. The molecule has 4 nitrogen and oxygen atoms in total. The second kappa shape index (κ2) is 5.20. The molecule has 50 valence electrons. The molecule has 0 bridgehead atoms. The summed E-state index contributed by atoms with van der Waals surface area (Å²) in [5, 5.41) is 0. The van der Waals surface area contributed by atoms with Crippen LogP contribution in [-0.2, 0) is 4.43 Å². The van der Waals surface area contributed by atoms with E-state index in [1.165, 1.54) is 6.08 Å². The summed E-state index contributed by atoms with van der Waals surface area (Å²) >= 11 is 0. The molecule has 0 aliphatic rings. The van der Waals surface area contributed by atoms with Crippen molar-refractivity contribution in [1.82, 2.24) is 0 Å². The monoisotopic (exact) mass is 144 g/mol. The maximum Gasteiger partial charge on any atom is 1.00 e. The maximum absolute atomic E-state index is 8.13. The van der Waals surface area contributed by atoms with Gasteiger partial charge in [-0.05, 0) is 0 Å².